The van der Waals surface area contributed by atoms with E-state index in [1.807, 2.05) is 13.8 Å². The third-order valence-electron chi connectivity index (χ3n) is 2.95. The van der Waals surface area contributed by atoms with Crippen LogP contribution in [0.3, 0.4) is 0 Å². The molecule has 2 aromatic rings. The maximum absolute atomic E-state index is 12.2. The number of hydrogen-bond acceptors (Lipinski definition) is 5. The van der Waals surface area contributed by atoms with Gasteiger partial charge in [0.25, 0.3) is 5.91 Å². The molecule has 2 rings (SSSR count). The van der Waals surface area contributed by atoms with E-state index in [1.165, 1.54) is 6.07 Å². The molecule has 0 aliphatic rings. The number of carbonyl (C=O) groups excluding carboxylic acids is 1. The number of anilines is 1. The molecule has 7 heteroatoms. The van der Waals surface area contributed by atoms with Crippen LogP contribution in [0.25, 0.3) is 0 Å². The van der Waals surface area contributed by atoms with Gasteiger partial charge in [-0.2, -0.15) is 0 Å². The van der Waals surface area contributed by atoms with Crippen molar-refractivity contribution in [1.29, 1.82) is 0 Å². The van der Waals surface area contributed by atoms with E-state index < -0.39 is 5.91 Å². The number of nitrogens with two attached hydrogens (primary N) is 1. The van der Waals surface area contributed by atoms with Crippen LogP contribution in [0.15, 0.2) is 16.7 Å². The summed E-state index contributed by atoms with van der Waals surface area (Å²) in [5.74, 6) is 0.515. The second-order valence-electron chi connectivity index (χ2n) is 4.50. The van der Waals surface area contributed by atoms with Crippen LogP contribution in [0.2, 0.25) is 5.02 Å². The van der Waals surface area contributed by atoms with Crippen LogP contribution >= 0.6 is 11.6 Å². The molecule has 106 valence electrons. The Balaban J connectivity index is 2.22. The molecule has 0 saturated heterocycles. The number of nitrogens with zero attached hydrogens (tertiary/aromatic N) is 2. The lowest BCUT2D eigenvalue weighted by Gasteiger charge is -2.14. The predicted octanol–water partition coefficient (Wildman–Crippen LogP) is 2.41. The van der Waals surface area contributed by atoms with Gasteiger partial charge in [-0.3, -0.25) is 4.79 Å². The highest BCUT2D eigenvalue weighted by molar-refractivity contribution is 6.33. The van der Waals surface area contributed by atoms with Crippen LogP contribution in [0, 0.1) is 13.8 Å². The maximum atomic E-state index is 12.2. The Hall–Kier alpha value is -2.08. The van der Waals surface area contributed by atoms with Crippen molar-refractivity contribution in [3.63, 3.8) is 0 Å². The summed E-state index contributed by atoms with van der Waals surface area (Å²) < 4.78 is 5.08. The molecule has 1 amide bonds. The van der Waals surface area contributed by atoms with Gasteiger partial charge in [0.15, 0.2) is 0 Å². The number of rotatable bonds is 3. The Morgan fingerprint density at radius 3 is 2.75 bits per heavy atom. The first kappa shape index (κ1) is 14.3. The zero-order chi connectivity index (χ0) is 14.9. The number of nitrogens with one attached hydrogen (secondary N) is 1. The molecule has 0 saturated carbocycles. The number of pyridine rings is 1. The first-order valence-corrected chi connectivity index (χ1v) is 6.43. The Morgan fingerprint density at radius 1 is 1.45 bits per heavy atom. The molecule has 0 aliphatic carbocycles. The molecule has 2 aromatic heterocycles. The molecule has 2 heterocycles. The number of carbonyl (C=O) groups is 1. The van der Waals surface area contributed by atoms with E-state index in [0.29, 0.717) is 5.76 Å². The van der Waals surface area contributed by atoms with Gasteiger partial charge in [0.2, 0.25) is 0 Å². The molecule has 0 aromatic carbocycles. The lowest BCUT2D eigenvalue weighted by atomic mass is 10.1. The monoisotopic (exact) mass is 294 g/mol. The smallest absolute Gasteiger partial charge is 0.271 e. The van der Waals surface area contributed by atoms with Crippen LogP contribution in [-0.4, -0.2) is 16.0 Å². The first-order chi connectivity index (χ1) is 9.40. The fraction of sp³-hybridized carbons (Fsp3) is 0.308. The highest BCUT2D eigenvalue weighted by Crippen LogP contribution is 2.22. The van der Waals surface area contributed by atoms with E-state index >= 15 is 0 Å². The summed E-state index contributed by atoms with van der Waals surface area (Å²) in [6.45, 7) is 5.45. The van der Waals surface area contributed by atoms with Gasteiger partial charge in [0.05, 0.1) is 16.8 Å². The number of hydrogen-bond donors (Lipinski definition) is 2. The summed E-state index contributed by atoms with van der Waals surface area (Å²) in [4.78, 5) is 16.1. The van der Waals surface area contributed by atoms with Crippen molar-refractivity contribution in [3.8, 4) is 0 Å². The van der Waals surface area contributed by atoms with Gasteiger partial charge in [0, 0.05) is 5.56 Å². The van der Waals surface area contributed by atoms with Gasteiger partial charge in [-0.15, -0.1) is 0 Å². The summed E-state index contributed by atoms with van der Waals surface area (Å²) in [5.41, 5.74) is 7.25. The third kappa shape index (κ3) is 2.75. The van der Waals surface area contributed by atoms with Crippen LogP contribution in [0.4, 0.5) is 5.82 Å². The minimum absolute atomic E-state index is 0.102. The molecule has 1 atom stereocenters. The Labute approximate surface area is 121 Å². The Kier molecular flexibility index (Phi) is 3.94. The van der Waals surface area contributed by atoms with E-state index in [9.17, 15) is 4.79 Å². The van der Waals surface area contributed by atoms with Crippen LogP contribution in [-0.2, 0) is 0 Å². The summed E-state index contributed by atoms with van der Waals surface area (Å²) >= 11 is 5.95. The van der Waals surface area contributed by atoms with Crippen molar-refractivity contribution < 1.29 is 9.32 Å². The zero-order valence-electron chi connectivity index (χ0n) is 11.4. The second-order valence-corrected chi connectivity index (χ2v) is 4.91. The van der Waals surface area contributed by atoms with E-state index in [-0.39, 0.29) is 22.6 Å². The van der Waals surface area contributed by atoms with Crippen LogP contribution in [0.5, 0.6) is 0 Å². The minimum atomic E-state index is -0.394. The van der Waals surface area contributed by atoms with E-state index in [1.54, 1.807) is 13.0 Å². The second kappa shape index (κ2) is 5.50. The van der Waals surface area contributed by atoms with E-state index in [0.717, 1.165) is 11.3 Å². The van der Waals surface area contributed by atoms with Gasteiger partial charge >= 0.3 is 0 Å². The molecule has 3 N–H and O–H groups in total. The summed E-state index contributed by atoms with van der Waals surface area (Å²) in [6, 6.07) is 2.81. The highest BCUT2D eigenvalue weighted by atomic mass is 35.5. The normalized spacial score (nSPS) is 12.2. The molecule has 20 heavy (non-hydrogen) atoms. The summed E-state index contributed by atoms with van der Waals surface area (Å²) in [6.07, 6.45) is 0. The van der Waals surface area contributed by atoms with Crippen LogP contribution in [0.1, 0.15) is 40.5 Å². The quantitative estimate of drug-likeness (QED) is 0.906. The molecule has 6 nitrogen and oxygen atoms in total. The molecular formula is C13H15ClN4O2. The van der Waals surface area contributed by atoms with Gasteiger partial charge in [-0.05, 0) is 32.9 Å². The number of amides is 1. The van der Waals surface area contributed by atoms with Crippen molar-refractivity contribution in [1.82, 2.24) is 15.5 Å². The zero-order valence-corrected chi connectivity index (χ0v) is 12.2. The number of aromatic nitrogens is 2. The average molecular weight is 295 g/mol. The van der Waals surface area contributed by atoms with Gasteiger partial charge in [-0.1, -0.05) is 16.8 Å². The Bertz CT molecular complexity index is 634. The summed E-state index contributed by atoms with van der Waals surface area (Å²) in [5, 5.41) is 6.92. The van der Waals surface area contributed by atoms with E-state index in [4.69, 9.17) is 21.9 Å². The maximum Gasteiger partial charge on any atom is 0.271 e. The predicted molar refractivity (Wildman–Crippen MR) is 75.5 cm³/mol. The molecule has 0 bridgehead atoms. The number of halogens is 1. The van der Waals surface area contributed by atoms with Crippen molar-refractivity contribution in [3.05, 3.63) is 39.9 Å². The lowest BCUT2D eigenvalue weighted by Crippen LogP contribution is -2.28. The molecular weight excluding hydrogens is 280 g/mol. The summed E-state index contributed by atoms with van der Waals surface area (Å²) in [7, 11) is 0. The van der Waals surface area contributed by atoms with Gasteiger partial charge < -0.3 is 15.6 Å². The molecule has 0 radical (unpaired) electrons. The SMILES string of the molecule is Cc1noc(C)c1C(C)NC(=O)c1nc(N)ccc1Cl. The highest BCUT2D eigenvalue weighted by Gasteiger charge is 2.20. The van der Waals surface area contributed by atoms with Crippen molar-refractivity contribution in [2.75, 3.05) is 5.73 Å². The van der Waals surface area contributed by atoms with Crippen molar-refractivity contribution in [2.24, 2.45) is 0 Å². The average Bonchev–Trinajstić information content (AvgIpc) is 2.71. The Morgan fingerprint density at radius 2 is 2.15 bits per heavy atom. The molecule has 0 aliphatic heterocycles. The number of nitrogen functional groups attached to an aromatic ring is 1. The lowest BCUT2D eigenvalue weighted by molar-refractivity contribution is 0.0935. The topological polar surface area (TPSA) is 94.0 Å². The minimum Gasteiger partial charge on any atom is -0.384 e. The number of aryl methyl sites for hydroxylation is 2. The fourth-order valence-corrected chi connectivity index (χ4v) is 2.25. The van der Waals surface area contributed by atoms with Crippen molar-refractivity contribution in [2.45, 2.75) is 26.8 Å². The van der Waals surface area contributed by atoms with Gasteiger partial charge in [0.1, 0.15) is 17.3 Å². The molecule has 0 fully saturated rings. The van der Waals surface area contributed by atoms with Crippen molar-refractivity contribution >= 4 is 23.3 Å². The standard InChI is InChI=1S/C13H15ClN4O2/c1-6(11-7(2)18-20-8(11)3)16-13(19)12-9(14)4-5-10(15)17-12/h4-6H,1-3H3,(H2,15,17)(H,16,19). The van der Waals surface area contributed by atoms with Gasteiger partial charge in [-0.25, -0.2) is 4.98 Å². The first-order valence-electron chi connectivity index (χ1n) is 6.05. The molecule has 0 spiro atoms. The van der Waals surface area contributed by atoms with E-state index in [2.05, 4.69) is 15.5 Å². The molecule has 1 unspecified atom stereocenters. The fourth-order valence-electron chi connectivity index (χ4n) is 2.06. The van der Waals surface area contributed by atoms with Crippen LogP contribution < -0.4 is 11.1 Å². The third-order valence-corrected chi connectivity index (χ3v) is 3.26. The largest absolute Gasteiger partial charge is 0.384 e.